The molecule has 2 rings (SSSR count). The van der Waals surface area contributed by atoms with Crippen LogP contribution in [0, 0.1) is 0 Å². The topological polar surface area (TPSA) is 35.2 Å². The van der Waals surface area contributed by atoms with E-state index in [9.17, 15) is 0 Å². The summed E-state index contributed by atoms with van der Waals surface area (Å²) in [6, 6.07) is 3.99. The molecule has 0 aliphatic heterocycles. The Bertz CT molecular complexity index is 433. The summed E-state index contributed by atoms with van der Waals surface area (Å²) in [7, 11) is 1.71. The normalized spacial score (nSPS) is 17.7. The first-order chi connectivity index (χ1) is 8.54. The van der Waals surface area contributed by atoms with Crippen molar-refractivity contribution in [1.82, 2.24) is 0 Å². The lowest BCUT2D eigenvalue weighted by Crippen LogP contribution is -2.42. The van der Waals surface area contributed by atoms with Crippen molar-refractivity contribution in [2.45, 2.75) is 44.4 Å². The van der Waals surface area contributed by atoms with Gasteiger partial charge >= 0.3 is 0 Å². The molecule has 0 aromatic heterocycles. The van der Waals surface area contributed by atoms with Gasteiger partial charge in [-0.15, -0.1) is 0 Å². The van der Waals surface area contributed by atoms with Crippen LogP contribution in [0.5, 0.6) is 5.75 Å². The third kappa shape index (κ3) is 2.12. The largest absolute Gasteiger partial charge is 0.496 e. The van der Waals surface area contributed by atoms with E-state index in [1.54, 1.807) is 7.11 Å². The van der Waals surface area contributed by atoms with Crippen LogP contribution in [0.4, 0.5) is 0 Å². The Hall–Kier alpha value is -0.730. The van der Waals surface area contributed by atoms with Crippen molar-refractivity contribution in [2.24, 2.45) is 5.73 Å². The first-order valence-corrected chi connectivity index (χ1v) is 7.00. The highest BCUT2D eigenvalue weighted by atomic mass is 35.5. The average Bonchev–Trinajstić information content (AvgIpc) is 2.27. The number of hydrogen-bond acceptors (Lipinski definition) is 2. The van der Waals surface area contributed by atoms with Crippen molar-refractivity contribution in [3.05, 3.63) is 28.3 Å². The van der Waals surface area contributed by atoms with Crippen LogP contribution >= 0.6 is 11.6 Å². The summed E-state index contributed by atoms with van der Waals surface area (Å²) in [5, 5.41) is 0.742. The number of nitrogens with two attached hydrogens (primary N) is 1. The van der Waals surface area contributed by atoms with Crippen molar-refractivity contribution in [3.63, 3.8) is 0 Å². The fourth-order valence-corrected chi connectivity index (χ4v) is 3.19. The Morgan fingerprint density at radius 3 is 2.44 bits per heavy atom. The molecule has 100 valence electrons. The number of rotatable bonds is 4. The number of ether oxygens (including phenoxy) is 1. The summed E-state index contributed by atoms with van der Waals surface area (Å²) in [6.07, 6.45) is 3.57. The van der Waals surface area contributed by atoms with Gasteiger partial charge in [0.15, 0.2) is 0 Å². The smallest absolute Gasteiger partial charge is 0.124 e. The highest BCUT2D eigenvalue weighted by Gasteiger charge is 2.40. The molecule has 0 bridgehead atoms. The minimum absolute atomic E-state index is 0.123. The Balaban J connectivity index is 2.60. The van der Waals surface area contributed by atoms with E-state index in [0.29, 0.717) is 12.5 Å². The van der Waals surface area contributed by atoms with Crippen molar-refractivity contribution < 1.29 is 4.74 Å². The maximum Gasteiger partial charge on any atom is 0.124 e. The second-order valence-electron chi connectivity index (χ2n) is 5.56. The predicted octanol–water partition coefficient (Wildman–Crippen LogP) is 3.85. The van der Waals surface area contributed by atoms with Gasteiger partial charge in [-0.3, -0.25) is 0 Å². The summed E-state index contributed by atoms with van der Waals surface area (Å²) in [4.78, 5) is 0. The Kier molecular flexibility index (Phi) is 3.88. The van der Waals surface area contributed by atoms with Crippen LogP contribution in [0.1, 0.15) is 50.2 Å². The van der Waals surface area contributed by atoms with Gasteiger partial charge in [-0.2, -0.15) is 0 Å². The van der Waals surface area contributed by atoms with E-state index in [4.69, 9.17) is 22.1 Å². The quantitative estimate of drug-likeness (QED) is 0.899. The van der Waals surface area contributed by atoms with E-state index < -0.39 is 0 Å². The van der Waals surface area contributed by atoms with Gasteiger partial charge in [0.05, 0.1) is 7.11 Å². The van der Waals surface area contributed by atoms with Gasteiger partial charge in [0.2, 0.25) is 0 Å². The fourth-order valence-electron chi connectivity index (χ4n) is 2.98. The van der Waals surface area contributed by atoms with Crippen LogP contribution in [0.25, 0.3) is 0 Å². The fraction of sp³-hybridized carbons (Fsp3) is 0.600. The molecule has 2 N–H and O–H groups in total. The maximum atomic E-state index is 6.23. The van der Waals surface area contributed by atoms with E-state index in [1.807, 2.05) is 6.07 Å². The maximum absolute atomic E-state index is 6.23. The number of benzene rings is 1. The third-order valence-electron chi connectivity index (χ3n) is 4.18. The van der Waals surface area contributed by atoms with E-state index in [0.717, 1.165) is 23.6 Å². The number of hydrogen-bond donors (Lipinski definition) is 1. The molecule has 0 unspecified atom stereocenters. The molecule has 1 fully saturated rings. The van der Waals surface area contributed by atoms with Gasteiger partial charge in [-0.25, -0.2) is 0 Å². The molecule has 1 aromatic rings. The lowest BCUT2D eigenvalue weighted by molar-refractivity contribution is 0.249. The molecule has 0 amide bonds. The standard InChI is InChI=1S/C15H22ClNO/c1-10(2)14-12(15(9-17)5-4-6-15)7-11(16)8-13(14)18-3/h7-8,10H,4-6,9,17H2,1-3H3. The number of halogens is 1. The first kappa shape index (κ1) is 13.7. The van der Waals surface area contributed by atoms with E-state index in [1.165, 1.54) is 17.5 Å². The van der Waals surface area contributed by atoms with Gasteiger partial charge in [0.25, 0.3) is 0 Å². The Morgan fingerprint density at radius 2 is 2.06 bits per heavy atom. The lowest BCUT2D eigenvalue weighted by Gasteiger charge is -2.43. The van der Waals surface area contributed by atoms with Crippen molar-refractivity contribution in [2.75, 3.05) is 13.7 Å². The summed E-state index contributed by atoms with van der Waals surface area (Å²) in [5.41, 5.74) is 8.72. The molecular formula is C15H22ClNO. The van der Waals surface area contributed by atoms with E-state index >= 15 is 0 Å². The van der Waals surface area contributed by atoms with Gasteiger partial charge in [0.1, 0.15) is 5.75 Å². The zero-order valence-electron chi connectivity index (χ0n) is 11.4. The molecule has 0 saturated heterocycles. The Labute approximate surface area is 114 Å². The zero-order valence-corrected chi connectivity index (χ0v) is 12.2. The molecule has 2 nitrogen and oxygen atoms in total. The molecule has 18 heavy (non-hydrogen) atoms. The first-order valence-electron chi connectivity index (χ1n) is 6.62. The summed E-state index contributed by atoms with van der Waals surface area (Å²) >= 11 is 6.23. The molecular weight excluding hydrogens is 246 g/mol. The minimum Gasteiger partial charge on any atom is -0.496 e. The second-order valence-corrected chi connectivity index (χ2v) is 6.00. The highest BCUT2D eigenvalue weighted by Crippen LogP contribution is 2.48. The molecule has 1 saturated carbocycles. The van der Waals surface area contributed by atoms with Crippen LogP contribution < -0.4 is 10.5 Å². The van der Waals surface area contributed by atoms with Gasteiger partial charge in [-0.05, 0) is 36.5 Å². The molecule has 1 aliphatic carbocycles. The van der Waals surface area contributed by atoms with Crippen LogP contribution in [0.3, 0.4) is 0 Å². The van der Waals surface area contributed by atoms with Crippen molar-refractivity contribution >= 4 is 11.6 Å². The monoisotopic (exact) mass is 267 g/mol. The lowest BCUT2D eigenvalue weighted by atomic mass is 9.62. The van der Waals surface area contributed by atoms with Gasteiger partial charge in [0, 0.05) is 22.5 Å². The second kappa shape index (κ2) is 5.10. The summed E-state index contributed by atoms with van der Waals surface area (Å²) < 4.78 is 5.51. The van der Waals surface area contributed by atoms with E-state index in [2.05, 4.69) is 19.9 Å². The average molecular weight is 268 g/mol. The molecule has 3 heteroatoms. The van der Waals surface area contributed by atoms with Crippen LogP contribution in [-0.4, -0.2) is 13.7 Å². The molecule has 0 spiro atoms. The zero-order chi connectivity index (χ0) is 13.3. The van der Waals surface area contributed by atoms with Gasteiger partial charge in [-0.1, -0.05) is 31.9 Å². The summed E-state index contributed by atoms with van der Waals surface area (Å²) in [5.74, 6) is 1.31. The Morgan fingerprint density at radius 1 is 1.39 bits per heavy atom. The third-order valence-corrected chi connectivity index (χ3v) is 4.40. The molecule has 0 heterocycles. The van der Waals surface area contributed by atoms with Crippen LogP contribution in [0.15, 0.2) is 12.1 Å². The molecule has 0 radical (unpaired) electrons. The molecule has 1 aliphatic rings. The SMILES string of the molecule is COc1cc(Cl)cc(C2(CN)CCC2)c1C(C)C. The van der Waals surface area contributed by atoms with Gasteiger partial charge < -0.3 is 10.5 Å². The van der Waals surface area contributed by atoms with Crippen molar-refractivity contribution in [1.29, 1.82) is 0 Å². The van der Waals surface area contributed by atoms with Crippen molar-refractivity contribution in [3.8, 4) is 5.75 Å². The minimum atomic E-state index is 0.123. The predicted molar refractivity (Wildman–Crippen MR) is 76.7 cm³/mol. The summed E-state index contributed by atoms with van der Waals surface area (Å²) in [6.45, 7) is 5.08. The van der Waals surface area contributed by atoms with Crippen LogP contribution in [0.2, 0.25) is 5.02 Å². The molecule has 1 aromatic carbocycles. The van der Waals surface area contributed by atoms with Crippen LogP contribution in [-0.2, 0) is 5.41 Å². The number of methoxy groups -OCH3 is 1. The highest BCUT2D eigenvalue weighted by molar-refractivity contribution is 6.30. The van der Waals surface area contributed by atoms with E-state index in [-0.39, 0.29) is 5.41 Å². The molecule has 0 atom stereocenters.